The molecule has 0 unspecified atom stereocenters. The number of halogens is 1. The first-order valence-electron chi connectivity index (χ1n) is 7.00. The number of nitrogens with one attached hydrogen (secondary N) is 1. The number of hydrogen-bond donors (Lipinski definition) is 1. The molecular weight excluding hydrogens is 292 g/mol. The summed E-state index contributed by atoms with van der Waals surface area (Å²) in [6.07, 6.45) is 4.54. The molecule has 20 heavy (non-hydrogen) atoms. The lowest BCUT2D eigenvalue weighted by atomic mass is 10.0. The van der Waals surface area contributed by atoms with Crippen LogP contribution in [0.4, 0.5) is 0 Å². The van der Waals surface area contributed by atoms with E-state index in [-0.39, 0.29) is 5.91 Å². The fourth-order valence-electron chi connectivity index (χ4n) is 2.57. The van der Waals surface area contributed by atoms with E-state index in [9.17, 15) is 4.79 Å². The van der Waals surface area contributed by atoms with Gasteiger partial charge in [0.1, 0.15) is 0 Å². The van der Waals surface area contributed by atoms with Crippen LogP contribution >= 0.6 is 23.8 Å². The van der Waals surface area contributed by atoms with Crippen molar-refractivity contribution >= 4 is 34.8 Å². The van der Waals surface area contributed by atoms with Gasteiger partial charge in [-0.05, 0) is 50.0 Å². The minimum absolute atomic E-state index is 0.235. The summed E-state index contributed by atoms with van der Waals surface area (Å²) in [5.74, 6) is -0.235. The monoisotopic (exact) mass is 310 g/mol. The zero-order chi connectivity index (χ0) is 14.5. The molecule has 5 heteroatoms. The van der Waals surface area contributed by atoms with Crippen molar-refractivity contribution < 1.29 is 4.79 Å². The van der Waals surface area contributed by atoms with E-state index in [2.05, 4.69) is 17.1 Å². The summed E-state index contributed by atoms with van der Waals surface area (Å²) in [5, 5.41) is 3.76. The van der Waals surface area contributed by atoms with Crippen molar-refractivity contribution in [2.24, 2.45) is 0 Å². The smallest absolute Gasteiger partial charge is 0.258 e. The number of hydrogen-bond acceptors (Lipinski definition) is 2. The first kappa shape index (κ1) is 15.3. The van der Waals surface area contributed by atoms with Gasteiger partial charge >= 0.3 is 0 Å². The van der Waals surface area contributed by atoms with Gasteiger partial charge in [0, 0.05) is 12.6 Å². The zero-order valence-corrected chi connectivity index (χ0v) is 13.1. The SMILES string of the molecule is CC[C@@H]1CCCCN1C(=S)NC(=O)c1ccccc1Cl. The molecule has 1 aromatic rings. The third-order valence-electron chi connectivity index (χ3n) is 3.70. The fourth-order valence-corrected chi connectivity index (χ4v) is 3.13. The molecule has 108 valence electrons. The number of benzene rings is 1. The van der Waals surface area contributed by atoms with Gasteiger partial charge in [-0.3, -0.25) is 10.1 Å². The van der Waals surface area contributed by atoms with E-state index in [0.717, 1.165) is 25.8 Å². The molecule has 0 saturated carbocycles. The zero-order valence-electron chi connectivity index (χ0n) is 11.6. The number of thiocarbonyl (C=S) groups is 1. The molecule has 1 atom stereocenters. The fraction of sp³-hybridized carbons (Fsp3) is 0.467. The quantitative estimate of drug-likeness (QED) is 0.847. The molecule has 1 N–H and O–H groups in total. The summed E-state index contributed by atoms with van der Waals surface area (Å²) < 4.78 is 0. The number of carbonyl (C=O) groups excluding carboxylic acids is 1. The van der Waals surface area contributed by atoms with E-state index in [4.69, 9.17) is 23.8 Å². The van der Waals surface area contributed by atoms with Crippen LogP contribution in [0.2, 0.25) is 5.02 Å². The summed E-state index contributed by atoms with van der Waals surface area (Å²) in [4.78, 5) is 14.3. The van der Waals surface area contributed by atoms with Crippen molar-refractivity contribution in [3.05, 3.63) is 34.9 Å². The van der Waals surface area contributed by atoms with Gasteiger partial charge in [-0.2, -0.15) is 0 Å². The predicted molar refractivity (Wildman–Crippen MR) is 86.2 cm³/mol. The number of likely N-dealkylation sites (tertiary alicyclic amines) is 1. The third kappa shape index (κ3) is 3.49. The Morgan fingerprint density at radius 3 is 2.90 bits per heavy atom. The molecule has 0 aromatic heterocycles. The van der Waals surface area contributed by atoms with Crippen molar-refractivity contribution in [1.29, 1.82) is 0 Å². The summed E-state index contributed by atoms with van der Waals surface area (Å²) in [7, 11) is 0. The molecule has 1 aliphatic rings. The van der Waals surface area contributed by atoms with E-state index in [1.165, 1.54) is 6.42 Å². The Labute approximate surface area is 130 Å². The van der Waals surface area contributed by atoms with Crippen LogP contribution < -0.4 is 5.32 Å². The van der Waals surface area contributed by atoms with Gasteiger partial charge in [0.2, 0.25) is 0 Å². The number of amides is 1. The highest BCUT2D eigenvalue weighted by Gasteiger charge is 2.24. The topological polar surface area (TPSA) is 32.3 Å². The maximum Gasteiger partial charge on any atom is 0.258 e. The van der Waals surface area contributed by atoms with E-state index in [1.807, 2.05) is 0 Å². The van der Waals surface area contributed by atoms with Gasteiger partial charge < -0.3 is 4.90 Å². The Morgan fingerprint density at radius 2 is 2.20 bits per heavy atom. The molecule has 0 aliphatic carbocycles. The minimum Gasteiger partial charge on any atom is -0.346 e. The molecule has 1 fully saturated rings. The van der Waals surface area contributed by atoms with E-state index < -0.39 is 0 Å². The lowest BCUT2D eigenvalue weighted by molar-refractivity contribution is 0.0969. The van der Waals surface area contributed by atoms with Crippen molar-refractivity contribution in [3.63, 3.8) is 0 Å². The van der Waals surface area contributed by atoms with Crippen molar-refractivity contribution in [1.82, 2.24) is 10.2 Å². The number of piperidine rings is 1. The molecule has 2 rings (SSSR count). The molecule has 0 radical (unpaired) electrons. The summed E-state index contributed by atoms with van der Waals surface area (Å²) in [6, 6.07) is 7.43. The minimum atomic E-state index is -0.235. The highest BCUT2D eigenvalue weighted by atomic mass is 35.5. The molecule has 1 saturated heterocycles. The Kier molecular flexibility index (Phi) is 5.38. The van der Waals surface area contributed by atoms with Gasteiger partial charge in [0.25, 0.3) is 5.91 Å². The summed E-state index contributed by atoms with van der Waals surface area (Å²) in [5.41, 5.74) is 0.460. The lowest BCUT2D eigenvalue weighted by Gasteiger charge is -2.37. The Bertz CT molecular complexity index is 506. The largest absolute Gasteiger partial charge is 0.346 e. The van der Waals surface area contributed by atoms with E-state index >= 15 is 0 Å². The van der Waals surface area contributed by atoms with Crippen LogP contribution in [0.1, 0.15) is 43.0 Å². The van der Waals surface area contributed by atoms with Crippen molar-refractivity contribution in [2.45, 2.75) is 38.6 Å². The standard InChI is InChI=1S/C15H19ClN2OS/c1-2-11-7-5-6-10-18(11)15(20)17-14(19)12-8-3-4-9-13(12)16/h3-4,8-9,11H,2,5-7,10H2,1H3,(H,17,19,20)/t11-/m1/s1. The second-order valence-corrected chi connectivity index (χ2v) is 5.78. The molecule has 3 nitrogen and oxygen atoms in total. The highest BCUT2D eigenvalue weighted by Crippen LogP contribution is 2.20. The second-order valence-electron chi connectivity index (χ2n) is 4.99. The normalized spacial score (nSPS) is 18.7. The molecule has 1 aromatic carbocycles. The average Bonchev–Trinajstić information content (AvgIpc) is 2.47. The Balaban J connectivity index is 2.04. The average molecular weight is 311 g/mol. The number of nitrogens with zero attached hydrogens (tertiary/aromatic N) is 1. The Hall–Kier alpha value is -1.13. The van der Waals surface area contributed by atoms with Crippen LogP contribution in [0, 0.1) is 0 Å². The van der Waals surface area contributed by atoms with Gasteiger partial charge in [-0.15, -0.1) is 0 Å². The van der Waals surface area contributed by atoms with Crippen LogP contribution in [0.5, 0.6) is 0 Å². The van der Waals surface area contributed by atoms with Gasteiger partial charge in [0.05, 0.1) is 10.6 Å². The van der Waals surface area contributed by atoms with Crippen LogP contribution in [0.15, 0.2) is 24.3 Å². The molecule has 1 amide bonds. The third-order valence-corrected chi connectivity index (χ3v) is 4.36. The van der Waals surface area contributed by atoms with Crippen molar-refractivity contribution in [3.8, 4) is 0 Å². The Morgan fingerprint density at radius 1 is 1.45 bits per heavy atom. The molecule has 0 spiro atoms. The summed E-state index contributed by atoms with van der Waals surface area (Å²) in [6.45, 7) is 3.07. The summed E-state index contributed by atoms with van der Waals surface area (Å²) >= 11 is 11.4. The molecule has 1 aliphatic heterocycles. The molecule has 0 bridgehead atoms. The van der Waals surface area contributed by atoms with Crippen LogP contribution in [0.3, 0.4) is 0 Å². The van der Waals surface area contributed by atoms with Crippen LogP contribution in [-0.4, -0.2) is 28.5 Å². The lowest BCUT2D eigenvalue weighted by Crippen LogP contribution is -2.49. The van der Waals surface area contributed by atoms with Gasteiger partial charge in [0.15, 0.2) is 5.11 Å². The van der Waals surface area contributed by atoms with Gasteiger partial charge in [-0.25, -0.2) is 0 Å². The maximum absolute atomic E-state index is 12.2. The molecule has 1 heterocycles. The first-order valence-corrected chi connectivity index (χ1v) is 7.78. The second kappa shape index (κ2) is 7.04. The first-order chi connectivity index (χ1) is 9.63. The van der Waals surface area contributed by atoms with Crippen molar-refractivity contribution in [2.75, 3.05) is 6.54 Å². The molecular formula is C15H19ClN2OS. The van der Waals surface area contributed by atoms with Crippen LogP contribution in [0.25, 0.3) is 0 Å². The highest BCUT2D eigenvalue weighted by molar-refractivity contribution is 7.80. The number of rotatable bonds is 2. The predicted octanol–water partition coefficient (Wildman–Crippen LogP) is 3.62. The number of carbonyl (C=O) groups is 1. The van der Waals surface area contributed by atoms with E-state index in [1.54, 1.807) is 24.3 Å². The maximum atomic E-state index is 12.2. The van der Waals surface area contributed by atoms with E-state index in [0.29, 0.717) is 21.7 Å². The van der Waals surface area contributed by atoms with Gasteiger partial charge in [-0.1, -0.05) is 30.7 Å². The van der Waals surface area contributed by atoms with Crippen LogP contribution in [-0.2, 0) is 0 Å².